The van der Waals surface area contributed by atoms with E-state index in [1.54, 1.807) is 18.2 Å². The van der Waals surface area contributed by atoms with Gasteiger partial charge in [0.05, 0.1) is 27.4 Å². The van der Waals surface area contributed by atoms with Crippen LogP contribution in [0, 0.1) is 0 Å². The topological polar surface area (TPSA) is 68.2 Å². The van der Waals surface area contributed by atoms with Gasteiger partial charge in [-0.25, -0.2) is 5.06 Å². The Morgan fingerprint density at radius 2 is 2.00 bits per heavy atom. The number of rotatable bonds is 4. The predicted octanol–water partition coefficient (Wildman–Crippen LogP) is 1.59. The number of hydrogen-bond donors (Lipinski definition) is 1. The van der Waals surface area contributed by atoms with Gasteiger partial charge in [0.2, 0.25) is 5.75 Å². The van der Waals surface area contributed by atoms with Crippen molar-refractivity contribution in [3.63, 3.8) is 0 Å². The van der Waals surface area contributed by atoms with Crippen molar-refractivity contribution in [2.75, 3.05) is 27.4 Å². The average molecular weight is 279 g/mol. The molecule has 0 spiro atoms. The highest BCUT2D eigenvalue weighted by molar-refractivity contribution is 5.91. The van der Waals surface area contributed by atoms with E-state index in [-0.39, 0.29) is 23.2 Å². The summed E-state index contributed by atoms with van der Waals surface area (Å²) in [5, 5.41) is 11.1. The number of ether oxygens (including phenoxy) is 2. The fraction of sp³-hybridized carbons (Fsp3) is 0.357. The van der Waals surface area contributed by atoms with Gasteiger partial charge in [-0.05, 0) is 30.2 Å². The standard InChI is InChI=1S/C14H17NO5/c1-18-11-8-10(9-12(19-2)14(11)17)4-5-13(16)15-6-3-7-20-15/h4-5,8-9,17H,3,6-7H2,1-2H3. The molecule has 1 aliphatic heterocycles. The minimum absolute atomic E-state index is 0.0682. The molecule has 0 atom stereocenters. The number of carbonyl (C=O) groups excluding carboxylic acids is 1. The summed E-state index contributed by atoms with van der Waals surface area (Å²) in [5.41, 5.74) is 0.684. The first kappa shape index (κ1) is 14.2. The van der Waals surface area contributed by atoms with Crippen LogP contribution in [-0.2, 0) is 9.63 Å². The maximum absolute atomic E-state index is 11.8. The summed E-state index contributed by atoms with van der Waals surface area (Å²) in [6.07, 6.45) is 3.88. The van der Waals surface area contributed by atoms with Gasteiger partial charge in [0.25, 0.3) is 5.91 Å². The molecule has 0 aromatic heterocycles. The lowest BCUT2D eigenvalue weighted by Gasteiger charge is -2.11. The van der Waals surface area contributed by atoms with E-state index in [2.05, 4.69) is 0 Å². The summed E-state index contributed by atoms with van der Waals surface area (Å²) in [7, 11) is 2.90. The third kappa shape index (κ3) is 3.03. The van der Waals surface area contributed by atoms with E-state index in [1.807, 2.05) is 0 Å². The number of hydroxylamine groups is 2. The minimum atomic E-state index is -0.214. The molecule has 1 amide bonds. The molecule has 0 aliphatic carbocycles. The number of carbonyl (C=O) groups is 1. The molecule has 20 heavy (non-hydrogen) atoms. The molecule has 2 rings (SSSR count). The number of phenolic OH excluding ortho intramolecular Hbond substituents is 1. The number of aromatic hydroxyl groups is 1. The number of phenols is 1. The van der Waals surface area contributed by atoms with Crippen LogP contribution in [0.25, 0.3) is 6.08 Å². The fourth-order valence-corrected chi connectivity index (χ4v) is 1.88. The molecule has 0 saturated carbocycles. The van der Waals surface area contributed by atoms with Crippen molar-refractivity contribution in [2.45, 2.75) is 6.42 Å². The molecule has 108 valence electrons. The van der Waals surface area contributed by atoms with Crippen molar-refractivity contribution >= 4 is 12.0 Å². The van der Waals surface area contributed by atoms with Gasteiger partial charge < -0.3 is 14.6 Å². The zero-order valence-electron chi connectivity index (χ0n) is 11.5. The summed E-state index contributed by atoms with van der Waals surface area (Å²) in [6.45, 7) is 1.17. The van der Waals surface area contributed by atoms with E-state index in [4.69, 9.17) is 14.3 Å². The summed E-state index contributed by atoms with van der Waals surface area (Å²) in [4.78, 5) is 17.0. The molecule has 1 saturated heterocycles. The highest BCUT2D eigenvalue weighted by atomic mass is 16.7. The van der Waals surface area contributed by atoms with Crippen molar-refractivity contribution in [3.05, 3.63) is 23.8 Å². The molecule has 0 radical (unpaired) electrons. The van der Waals surface area contributed by atoms with Crippen molar-refractivity contribution in [1.29, 1.82) is 0 Å². The Balaban J connectivity index is 2.17. The lowest BCUT2D eigenvalue weighted by atomic mass is 10.1. The Morgan fingerprint density at radius 3 is 2.50 bits per heavy atom. The van der Waals surface area contributed by atoms with Crippen molar-refractivity contribution < 1.29 is 24.2 Å². The van der Waals surface area contributed by atoms with Crippen LogP contribution in [0.5, 0.6) is 17.2 Å². The first-order chi connectivity index (χ1) is 9.65. The first-order valence-corrected chi connectivity index (χ1v) is 6.23. The molecule has 1 aromatic rings. The molecular formula is C14H17NO5. The molecule has 0 unspecified atom stereocenters. The van der Waals surface area contributed by atoms with Crippen molar-refractivity contribution in [3.8, 4) is 17.2 Å². The van der Waals surface area contributed by atoms with Crippen molar-refractivity contribution in [2.24, 2.45) is 0 Å². The van der Waals surface area contributed by atoms with E-state index in [1.165, 1.54) is 25.4 Å². The van der Waals surface area contributed by atoms with Gasteiger partial charge in [-0.15, -0.1) is 0 Å². The molecular weight excluding hydrogens is 262 g/mol. The summed E-state index contributed by atoms with van der Waals surface area (Å²) < 4.78 is 10.1. The van der Waals surface area contributed by atoms with Gasteiger partial charge in [0, 0.05) is 6.08 Å². The van der Waals surface area contributed by atoms with Crippen LogP contribution in [0.15, 0.2) is 18.2 Å². The molecule has 1 N–H and O–H groups in total. The predicted molar refractivity (Wildman–Crippen MR) is 72.5 cm³/mol. The Hall–Kier alpha value is -2.21. The smallest absolute Gasteiger partial charge is 0.270 e. The van der Waals surface area contributed by atoms with Crippen LogP contribution in [0.2, 0.25) is 0 Å². The molecule has 1 heterocycles. The minimum Gasteiger partial charge on any atom is -0.502 e. The van der Waals surface area contributed by atoms with Crippen LogP contribution in [0.1, 0.15) is 12.0 Å². The largest absolute Gasteiger partial charge is 0.502 e. The second-order valence-electron chi connectivity index (χ2n) is 4.23. The van der Waals surface area contributed by atoms with Gasteiger partial charge in [-0.1, -0.05) is 0 Å². The number of nitrogens with zero attached hydrogens (tertiary/aromatic N) is 1. The van der Waals surface area contributed by atoms with E-state index in [0.717, 1.165) is 6.42 Å². The van der Waals surface area contributed by atoms with Crippen LogP contribution in [0.3, 0.4) is 0 Å². The average Bonchev–Trinajstić information content (AvgIpc) is 3.00. The van der Waals surface area contributed by atoms with Crippen LogP contribution < -0.4 is 9.47 Å². The quantitative estimate of drug-likeness (QED) is 0.848. The van der Waals surface area contributed by atoms with E-state index in [9.17, 15) is 9.90 Å². The van der Waals surface area contributed by atoms with Gasteiger partial charge in [0.15, 0.2) is 11.5 Å². The molecule has 0 bridgehead atoms. The fourth-order valence-electron chi connectivity index (χ4n) is 1.88. The number of benzene rings is 1. The normalized spacial score (nSPS) is 14.8. The van der Waals surface area contributed by atoms with Crippen LogP contribution in [-0.4, -0.2) is 43.4 Å². The van der Waals surface area contributed by atoms with E-state index < -0.39 is 0 Å². The van der Waals surface area contributed by atoms with Gasteiger partial charge >= 0.3 is 0 Å². The Morgan fingerprint density at radius 1 is 1.35 bits per heavy atom. The van der Waals surface area contributed by atoms with E-state index >= 15 is 0 Å². The SMILES string of the molecule is COc1cc(C=CC(=O)N2CCCO2)cc(OC)c1O. The number of methoxy groups -OCH3 is 2. The van der Waals surface area contributed by atoms with Gasteiger partial charge in [0.1, 0.15) is 0 Å². The van der Waals surface area contributed by atoms with Crippen molar-refractivity contribution in [1.82, 2.24) is 5.06 Å². The maximum atomic E-state index is 11.8. The monoisotopic (exact) mass is 279 g/mol. The summed E-state index contributed by atoms with van der Waals surface area (Å²) in [6, 6.07) is 3.24. The Kier molecular flexibility index (Phi) is 4.47. The molecule has 1 aliphatic rings. The second-order valence-corrected chi connectivity index (χ2v) is 4.23. The lowest BCUT2D eigenvalue weighted by molar-refractivity contribution is -0.162. The first-order valence-electron chi connectivity index (χ1n) is 6.23. The second kappa shape index (κ2) is 6.29. The highest BCUT2D eigenvalue weighted by Gasteiger charge is 2.17. The zero-order chi connectivity index (χ0) is 14.5. The maximum Gasteiger partial charge on any atom is 0.270 e. The number of hydrogen-bond acceptors (Lipinski definition) is 5. The van der Waals surface area contributed by atoms with E-state index in [0.29, 0.717) is 18.7 Å². The number of amides is 1. The Labute approximate surface area is 117 Å². The molecule has 1 fully saturated rings. The zero-order valence-corrected chi connectivity index (χ0v) is 11.5. The summed E-state index contributed by atoms with van der Waals surface area (Å²) >= 11 is 0. The lowest BCUT2D eigenvalue weighted by Crippen LogP contribution is -2.24. The Bertz CT molecular complexity index is 495. The van der Waals surface area contributed by atoms with Crippen LogP contribution in [0.4, 0.5) is 0 Å². The third-order valence-corrected chi connectivity index (χ3v) is 2.92. The third-order valence-electron chi connectivity index (χ3n) is 2.92. The molecule has 6 heteroatoms. The molecule has 1 aromatic carbocycles. The van der Waals surface area contributed by atoms with Crippen LogP contribution >= 0.6 is 0 Å². The highest BCUT2D eigenvalue weighted by Crippen LogP contribution is 2.37. The summed E-state index contributed by atoms with van der Waals surface area (Å²) in [5.74, 6) is 0.289. The van der Waals surface area contributed by atoms with Gasteiger partial charge in [-0.3, -0.25) is 9.63 Å². The van der Waals surface area contributed by atoms with Gasteiger partial charge in [-0.2, -0.15) is 0 Å². The molecule has 6 nitrogen and oxygen atoms in total.